The molecule has 0 radical (unpaired) electrons. The van der Waals surface area contributed by atoms with E-state index in [1.165, 1.54) is 30.8 Å². The molecule has 0 fully saturated rings. The minimum atomic E-state index is -4.03. The minimum absolute atomic E-state index is 0.236. The topological polar surface area (TPSA) is 110 Å². The molecule has 2 aromatic carbocycles. The Balaban J connectivity index is 2.05. The zero-order valence-electron chi connectivity index (χ0n) is 16.0. The van der Waals surface area contributed by atoms with Gasteiger partial charge in [0.05, 0.1) is 22.4 Å². The zero-order valence-corrected chi connectivity index (χ0v) is 16.8. The van der Waals surface area contributed by atoms with E-state index < -0.39 is 27.4 Å². The van der Waals surface area contributed by atoms with Gasteiger partial charge in [0.15, 0.2) is 0 Å². The van der Waals surface area contributed by atoms with Gasteiger partial charge in [-0.25, -0.2) is 8.42 Å². The van der Waals surface area contributed by atoms with Crippen LogP contribution in [0.4, 0.5) is 5.69 Å². The van der Waals surface area contributed by atoms with Crippen molar-refractivity contribution < 1.29 is 18.1 Å². The number of nitrogens with zero attached hydrogens (tertiary/aromatic N) is 2. The maximum absolute atomic E-state index is 12.6. The van der Waals surface area contributed by atoms with Gasteiger partial charge in [0.2, 0.25) is 15.9 Å². The van der Waals surface area contributed by atoms with Crippen molar-refractivity contribution in [2.24, 2.45) is 0 Å². The second kappa shape index (κ2) is 8.94. The van der Waals surface area contributed by atoms with Gasteiger partial charge < -0.3 is 5.32 Å². The lowest BCUT2D eigenvalue weighted by Gasteiger charge is -2.19. The molecule has 0 aliphatic heterocycles. The highest BCUT2D eigenvalue weighted by Gasteiger charge is 2.25. The van der Waals surface area contributed by atoms with Crippen molar-refractivity contribution in [2.45, 2.75) is 31.2 Å². The first-order valence-corrected chi connectivity index (χ1v) is 10.2. The van der Waals surface area contributed by atoms with Gasteiger partial charge in [0.1, 0.15) is 0 Å². The van der Waals surface area contributed by atoms with Crippen molar-refractivity contribution in [1.82, 2.24) is 9.62 Å². The number of sulfonamides is 1. The first kappa shape index (κ1) is 21.5. The number of hydrogen-bond acceptors (Lipinski definition) is 5. The predicted molar refractivity (Wildman–Crippen MR) is 105 cm³/mol. The molecule has 2 rings (SSSR count). The number of aryl methyl sites for hydroxylation is 1. The van der Waals surface area contributed by atoms with Crippen LogP contribution in [0.25, 0.3) is 0 Å². The normalized spacial score (nSPS) is 12.6. The Morgan fingerprint density at radius 2 is 1.86 bits per heavy atom. The maximum Gasteiger partial charge on any atom is 0.270 e. The second-order valence-corrected chi connectivity index (χ2v) is 8.44. The van der Waals surface area contributed by atoms with Crippen LogP contribution in [-0.2, 0) is 21.2 Å². The van der Waals surface area contributed by atoms with Crippen LogP contribution in [0, 0.1) is 10.1 Å². The van der Waals surface area contributed by atoms with Gasteiger partial charge in [-0.3, -0.25) is 14.9 Å². The summed E-state index contributed by atoms with van der Waals surface area (Å²) >= 11 is 0. The van der Waals surface area contributed by atoms with Gasteiger partial charge in [-0.15, -0.1) is 0 Å². The second-order valence-electron chi connectivity index (χ2n) is 6.40. The number of rotatable bonds is 8. The molecule has 1 N–H and O–H groups in total. The Kier molecular flexibility index (Phi) is 6.87. The number of benzene rings is 2. The smallest absolute Gasteiger partial charge is 0.270 e. The average molecular weight is 405 g/mol. The average Bonchev–Trinajstić information content (AvgIpc) is 2.67. The predicted octanol–water partition coefficient (Wildman–Crippen LogP) is 2.66. The molecule has 0 aliphatic carbocycles. The van der Waals surface area contributed by atoms with Crippen molar-refractivity contribution >= 4 is 21.6 Å². The quantitative estimate of drug-likeness (QED) is 0.536. The number of nitrogens with one attached hydrogen (secondary N) is 1. The van der Waals surface area contributed by atoms with Crippen molar-refractivity contribution in [3.63, 3.8) is 0 Å². The summed E-state index contributed by atoms with van der Waals surface area (Å²) in [6.45, 7) is 3.47. The van der Waals surface area contributed by atoms with Gasteiger partial charge in [-0.05, 0) is 30.5 Å². The molecule has 1 unspecified atom stereocenters. The molecule has 0 spiro atoms. The third-order valence-corrected chi connectivity index (χ3v) is 6.17. The minimum Gasteiger partial charge on any atom is -0.348 e. The van der Waals surface area contributed by atoms with Crippen molar-refractivity contribution in [3.05, 3.63) is 69.8 Å². The molecule has 28 heavy (non-hydrogen) atoms. The molecule has 9 heteroatoms. The van der Waals surface area contributed by atoms with Gasteiger partial charge in [-0.1, -0.05) is 37.3 Å². The van der Waals surface area contributed by atoms with E-state index in [1.807, 2.05) is 31.2 Å². The molecule has 2 aromatic rings. The van der Waals surface area contributed by atoms with Crippen LogP contribution in [0.1, 0.15) is 31.0 Å². The Labute approximate surface area is 164 Å². The summed E-state index contributed by atoms with van der Waals surface area (Å²) < 4.78 is 26.1. The van der Waals surface area contributed by atoms with Crippen LogP contribution < -0.4 is 5.32 Å². The van der Waals surface area contributed by atoms with E-state index >= 15 is 0 Å². The number of carbonyl (C=O) groups is 1. The summed E-state index contributed by atoms with van der Waals surface area (Å²) in [5.41, 5.74) is 1.77. The fourth-order valence-electron chi connectivity index (χ4n) is 2.64. The van der Waals surface area contributed by atoms with Crippen LogP contribution in [0.5, 0.6) is 0 Å². The SMILES string of the molecule is CCc1ccc(C(C)NC(=O)CN(C)S(=O)(=O)c2cccc([N+](=O)[O-])c2)cc1. The van der Waals surface area contributed by atoms with E-state index in [1.54, 1.807) is 0 Å². The van der Waals surface area contributed by atoms with Crippen LogP contribution in [-0.4, -0.2) is 37.1 Å². The van der Waals surface area contributed by atoms with Gasteiger partial charge in [0, 0.05) is 19.2 Å². The molecular weight excluding hydrogens is 382 g/mol. The number of nitro benzene ring substituents is 1. The Bertz CT molecular complexity index is 958. The number of likely N-dealkylation sites (N-methyl/N-ethyl adjacent to an activating group) is 1. The van der Waals surface area contributed by atoms with E-state index in [0.29, 0.717) is 0 Å². The maximum atomic E-state index is 12.6. The molecule has 1 atom stereocenters. The zero-order chi connectivity index (χ0) is 20.9. The molecule has 0 aliphatic rings. The Morgan fingerprint density at radius 3 is 2.43 bits per heavy atom. The molecule has 0 saturated carbocycles. The lowest BCUT2D eigenvalue weighted by molar-refractivity contribution is -0.385. The highest BCUT2D eigenvalue weighted by atomic mass is 32.2. The fraction of sp³-hybridized carbons (Fsp3) is 0.316. The highest BCUT2D eigenvalue weighted by molar-refractivity contribution is 7.89. The summed E-state index contributed by atoms with van der Waals surface area (Å²) in [6, 6.07) is 12.3. The van der Waals surface area contributed by atoms with Gasteiger partial charge >= 0.3 is 0 Å². The first-order chi connectivity index (χ1) is 13.1. The summed E-state index contributed by atoms with van der Waals surface area (Å²) in [7, 11) is -2.77. The van der Waals surface area contributed by atoms with E-state index in [-0.39, 0.29) is 16.6 Å². The number of carbonyl (C=O) groups excluding carboxylic acids is 1. The van der Waals surface area contributed by atoms with Crippen molar-refractivity contribution in [2.75, 3.05) is 13.6 Å². The number of non-ortho nitro benzene ring substituents is 1. The Hall–Kier alpha value is -2.78. The summed E-state index contributed by atoms with van der Waals surface area (Å²) in [6.07, 6.45) is 0.918. The summed E-state index contributed by atoms with van der Waals surface area (Å²) in [5, 5.41) is 13.6. The number of nitro groups is 1. The molecule has 0 heterocycles. The molecule has 0 aromatic heterocycles. The van der Waals surface area contributed by atoms with Crippen LogP contribution in [0.2, 0.25) is 0 Å². The fourth-order valence-corrected chi connectivity index (χ4v) is 3.80. The van der Waals surface area contributed by atoms with Gasteiger partial charge in [-0.2, -0.15) is 4.31 Å². The van der Waals surface area contributed by atoms with Crippen molar-refractivity contribution in [3.8, 4) is 0 Å². The highest BCUT2D eigenvalue weighted by Crippen LogP contribution is 2.20. The standard InChI is InChI=1S/C19H23N3O5S/c1-4-15-8-10-16(11-9-15)14(2)20-19(23)13-21(3)28(26,27)18-7-5-6-17(12-18)22(24)25/h5-12,14H,4,13H2,1-3H3,(H,20,23). The largest absolute Gasteiger partial charge is 0.348 e. The number of hydrogen-bond donors (Lipinski definition) is 1. The molecule has 0 saturated heterocycles. The summed E-state index contributed by atoms with van der Waals surface area (Å²) in [5.74, 6) is -0.469. The molecule has 8 nitrogen and oxygen atoms in total. The van der Waals surface area contributed by atoms with Crippen molar-refractivity contribution in [1.29, 1.82) is 0 Å². The molecular formula is C19H23N3O5S. The van der Waals surface area contributed by atoms with Crippen LogP contribution in [0.15, 0.2) is 53.4 Å². The lowest BCUT2D eigenvalue weighted by atomic mass is 10.1. The van der Waals surface area contributed by atoms with E-state index in [4.69, 9.17) is 0 Å². The third-order valence-electron chi connectivity index (χ3n) is 4.37. The van der Waals surface area contributed by atoms with Gasteiger partial charge in [0.25, 0.3) is 5.69 Å². The third kappa shape index (κ3) is 5.14. The van der Waals surface area contributed by atoms with E-state index in [9.17, 15) is 23.3 Å². The Morgan fingerprint density at radius 1 is 1.21 bits per heavy atom. The lowest BCUT2D eigenvalue weighted by Crippen LogP contribution is -2.39. The van der Waals surface area contributed by atoms with Crippen LogP contribution >= 0.6 is 0 Å². The molecule has 0 bridgehead atoms. The van der Waals surface area contributed by atoms with E-state index in [2.05, 4.69) is 12.2 Å². The van der Waals surface area contributed by atoms with Crippen LogP contribution in [0.3, 0.4) is 0 Å². The summed E-state index contributed by atoms with van der Waals surface area (Å²) in [4.78, 5) is 22.2. The monoisotopic (exact) mass is 405 g/mol. The van der Waals surface area contributed by atoms with E-state index in [0.717, 1.165) is 22.4 Å². The molecule has 150 valence electrons. The number of amides is 1. The first-order valence-electron chi connectivity index (χ1n) is 8.74. The molecule has 1 amide bonds.